The van der Waals surface area contributed by atoms with Crippen LogP contribution in [0, 0.1) is 0 Å². The first-order valence-corrected chi connectivity index (χ1v) is 9.92. The van der Waals surface area contributed by atoms with Gasteiger partial charge in [-0.25, -0.2) is 19.3 Å². The highest BCUT2D eigenvalue weighted by Gasteiger charge is 2.44. The quantitative estimate of drug-likeness (QED) is 0.664. The van der Waals surface area contributed by atoms with Crippen LogP contribution in [-0.2, 0) is 4.79 Å². The Balaban J connectivity index is 1.67. The highest BCUT2D eigenvalue weighted by molar-refractivity contribution is 6.31. The van der Waals surface area contributed by atoms with Crippen LogP contribution in [-0.4, -0.2) is 50.6 Å². The predicted octanol–water partition coefficient (Wildman–Crippen LogP) is 3.51. The van der Waals surface area contributed by atoms with Gasteiger partial charge in [-0.2, -0.15) is 0 Å². The number of aromatic amines is 1. The van der Waals surface area contributed by atoms with Gasteiger partial charge >= 0.3 is 0 Å². The van der Waals surface area contributed by atoms with Gasteiger partial charge in [0.05, 0.1) is 5.02 Å². The number of anilines is 1. The summed E-state index contributed by atoms with van der Waals surface area (Å²) in [6.07, 6.45) is 5.48. The molecule has 152 valence electrons. The first-order chi connectivity index (χ1) is 13.9. The van der Waals surface area contributed by atoms with Gasteiger partial charge < -0.3 is 15.2 Å². The molecule has 1 amide bonds. The molecular weight excluding hydrogens is 395 g/mol. The van der Waals surface area contributed by atoms with Gasteiger partial charge in [0.2, 0.25) is 5.91 Å². The molecule has 29 heavy (non-hydrogen) atoms. The number of nitrogens with one attached hydrogen (secondary N) is 2. The molecule has 0 radical (unpaired) electrons. The summed E-state index contributed by atoms with van der Waals surface area (Å²) in [5.74, 6) is 0.982. The van der Waals surface area contributed by atoms with E-state index >= 15 is 0 Å². The van der Waals surface area contributed by atoms with Crippen molar-refractivity contribution < 1.29 is 9.18 Å². The molecule has 1 aliphatic heterocycles. The van der Waals surface area contributed by atoms with Crippen molar-refractivity contribution in [2.45, 2.75) is 38.4 Å². The van der Waals surface area contributed by atoms with E-state index in [9.17, 15) is 9.18 Å². The van der Waals surface area contributed by atoms with Crippen molar-refractivity contribution in [1.82, 2.24) is 25.3 Å². The monoisotopic (exact) mass is 416 g/mol. The molecule has 0 aliphatic carbocycles. The molecule has 9 heteroatoms. The number of H-pyrrole nitrogens is 1. The van der Waals surface area contributed by atoms with Crippen molar-refractivity contribution in [2.75, 3.05) is 18.0 Å². The largest absolute Gasteiger partial charge is 0.351 e. The van der Waals surface area contributed by atoms with E-state index < -0.39 is 11.7 Å². The Morgan fingerprint density at radius 3 is 3.10 bits per heavy atom. The Labute approximate surface area is 172 Å². The number of hydrogen-bond acceptors (Lipinski definition) is 5. The first-order valence-electron chi connectivity index (χ1n) is 9.54. The van der Waals surface area contributed by atoms with Crippen molar-refractivity contribution in [1.29, 1.82) is 0 Å². The number of halogens is 2. The summed E-state index contributed by atoms with van der Waals surface area (Å²) in [6, 6.07) is 3.61. The molecule has 1 saturated heterocycles. The number of fused-ring (bicyclic) bond motifs is 1. The van der Waals surface area contributed by atoms with E-state index in [4.69, 9.17) is 16.6 Å². The second-order valence-electron chi connectivity index (χ2n) is 7.51. The van der Waals surface area contributed by atoms with Gasteiger partial charge in [0.25, 0.3) is 0 Å². The zero-order valence-electron chi connectivity index (χ0n) is 16.2. The van der Waals surface area contributed by atoms with Gasteiger partial charge in [-0.05, 0) is 38.8 Å². The van der Waals surface area contributed by atoms with Crippen molar-refractivity contribution in [3.05, 3.63) is 35.7 Å². The number of pyridine rings is 1. The first kappa shape index (κ1) is 19.6. The Kier molecular flexibility index (Phi) is 5.12. The van der Waals surface area contributed by atoms with E-state index in [0.717, 1.165) is 17.4 Å². The molecule has 1 fully saturated rings. The molecule has 0 aromatic carbocycles. The maximum absolute atomic E-state index is 13.2. The van der Waals surface area contributed by atoms with Gasteiger partial charge in [0.1, 0.15) is 23.2 Å². The van der Waals surface area contributed by atoms with Gasteiger partial charge in [0.15, 0.2) is 5.82 Å². The molecule has 1 aliphatic rings. The zero-order valence-corrected chi connectivity index (χ0v) is 17.0. The number of alkyl halides is 1. The normalized spacial score (nSPS) is 20.2. The van der Waals surface area contributed by atoms with Crippen LogP contribution in [0.25, 0.3) is 22.4 Å². The Bertz CT molecular complexity index is 1050. The third-order valence-electron chi connectivity index (χ3n) is 5.33. The maximum Gasteiger partial charge on any atom is 0.245 e. The molecular formula is C20H22ClFN6O. The highest BCUT2D eigenvalue weighted by Crippen LogP contribution is 2.35. The molecule has 4 rings (SSSR count). The van der Waals surface area contributed by atoms with Crippen molar-refractivity contribution >= 4 is 34.4 Å². The zero-order chi connectivity index (χ0) is 20.6. The van der Waals surface area contributed by atoms with Crippen molar-refractivity contribution in [3.63, 3.8) is 0 Å². The lowest BCUT2D eigenvalue weighted by molar-refractivity contribution is -0.125. The number of carbonyl (C=O) groups excluding carboxylic acids is 1. The number of carbonyl (C=O) groups is 1. The van der Waals surface area contributed by atoms with Crippen LogP contribution in [0.3, 0.4) is 0 Å². The van der Waals surface area contributed by atoms with Crippen LogP contribution in [0.5, 0.6) is 0 Å². The lowest BCUT2D eigenvalue weighted by atomic mass is 9.97. The summed E-state index contributed by atoms with van der Waals surface area (Å²) in [6.45, 7) is 3.98. The standard InChI is InChI=1S/C20H22ClFN6O/c1-12(22)9-26-19(29)20(2)5-3-7-28(20)16-4-6-23-18(27-16)15-11-25-17-14(15)8-13(21)10-24-17/h4,6,8,10-12H,3,5,7,9H2,1-2H3,(H,24,25)(H,26,29)/t12?,20-/m1/s1. The second kappa shape index (κ2) is 7.59. The van der Waals surface area contributed by atoms with Crippen molar-refractivity contribution in [2.24, 2.45) is 0 Å². The Morgan fingerprint density at radius 2 is 2.31 bits per heavy atom. The number of rotatable bonds is 5. The third kappa shape index (κ3) is 3.64. The lowest BCUT2D eigenvalue weighted by Crippen LogP contribution is -2.54. The van der Waals surface area contributed by atoms with Crippen LogP contribution in [0.15, 0.2) is 30.7 Å². The number of hydrogen-bond donors (Lipinski definition) is 2. The van der Waals surface area contributed by atoms with Gasteiger partial charge in [-0.15, -0.1) is 0 Å². The second-order valence-corrected chi connectivity index (χ2v) is 7.95. The molecule has 7 nitrogen and oxygen atoms in total. The predicted molar refractivity (Wildman–Crippen MR) is 111 cm³/mol. The summed E-state index contributed by atoms with van der Waals surface area (Å²) >= 11 is 6.10. The van der Waals surface area contributed by atoms with E-state index in [1.54, 1.807) is 24.7 Å². The topological polar surface area (TPSA) is 86.8 Å². The van der Waals surface area contributed by atoms with E-state index in [-0.39, 0.29) is 12.5 Å². The molecule has 4 heterocycles. The van der Waals surface area contributed by atoms with Crippen LogP contribution in [0.2, 0.25) is 5.02 Å². The van der Waals surface area contributed by atoms with E-state index in [0.29, 0.717) is 35.3 Å². The summed E-state index contributed by atoms with van der Waals surface area (Å²) in [4.78, 5) is 31.3. The molecule has 3 aromatic rings. The molecule has 0 saturated carbocycles. The number of amides is 1. The fourth-order valence-electron chi connectivity index (χ4n) is 3.78. The molecule has 1 unspecified atom stereocenters. The minimum Gasteiger partial charge on any atom is -0.351 e. The molecule has 2 atom stereocenters. The molecule has 0 bridgehead atoms. The molecule has 2 N–H and O–H groups in total. The average Bonchev–Trinajstić information content (AvgIpc) is 3.30. The molecule has 0 spiro atoms. The van der Waals surface area contributed by atoms with Gasteiger partial charge in [0, 0.05) is 42.6 Å². The fraction of sp³-hybridized carbons (Fsp3) is 0.400. The van der Waals surface area contributed by atoms with Crippen LogP contribution in [0.4, 0.5) is 10.2 Å². The maximum atomic E-state index is 13.2. The minimum atomic E-state index is -1.09. The molecule has 3 aromatic heterocycles. The van der Waals surface area contributed by atoms with Crippen LogP contribution in [0.1, 0.15) is 26.7 Å². The number of nitrogens with zero attached hydrogens (tertiary/aromatic N) is 4. The van der Waals surface area contributed by atoms with E-state index in [1.165, 1.54) is 6.92 Å². The summed E-state index contributed by atoms with van der Waals surface area (Å²) < 4.78 is 13.2. The minimum absolute atomic E-state index is 0.000383. The SMILES string of the molecule is CC(F)CNC(=O)[C@@]1(C)CCCN1c1ccnc(-c2c[nH]c3ncc(Cl)cc23)n1. The van der Waals surface area contributed by atoms with E-state index in [2.05, 4.69) is 20.3 Å². The average molecular weight is 417 g/mol. The Morgan fingerprint density at radius 1 is 1.48 bits per heavy atom. The van der Waals surface area contributed by atoms with Crippen molar-refractivity contribution in [3.8, 4) is 11.4 Å². The highest BCUT2D eigenvalue weighted by atomic mass is 35.5. The Hall–Kier alpha value is -2.74. The third-order valence-corrected chi connectivity index (χ3v) is 5.54. The number of aromatic nitrogens is 4. The van der Waals surface area contributed by atoms with Crippen LogP contribution >= 0.6 is 11.6 Å². The fourth-order valence-corrected chi connectivity index (χ4v) is 3.94. The van der Waals surface area contributed by atoms with Gasteiger partial charge in [-0.1, -0.05) is 11.6 Å². The summed E-state index contributed by atoms with van der Waals surface area (Å²) in [7, 11) is 0. The summed E-state index contributed by atoms with van der Waals surface area (Å²) in [5.41, 5.74) is 0.698. The lowest BCUT2D eigenvalue weighted by Gasteiger charge is -2.35. The van der Waals surface area contributed by atoms with E-state index in [1.807, 2.05) is 17.9 Å². The van der Waals surface area contributed by atoms with Crippen LogP contribution < -0.4 is 10.2 Å². The smallest absolute Gasteiger partial charge is 0.245 e. The summed E-state index contributed by atoms with van der Waals surface area (Å²) in [5, 5.41) is 4.07. The van der Waals surface area contributed by atoms with Gasteiger partial charge in [-0.3, -0.25) is 4.79 Å².